The molecule has 2 aliphatic heterocycles. The minimum atomic E-state index is -1.75. The second-order valence-electron chi connectivity index (χ2n) is 6.89. The molecule has 0 aromatic carbocycles. The molecule has 2 aliphatic rings. The summed E-state index contributed by atoms with van der Waals surface area (Å²) in [6.45, 7) is 8.42. The van der Waals surface area contributed by atoms with Gasteiger partial charge in [-0.25, -0.2) is 14.8 Å². The van der Waals surface area contributed by atoms with Gasteiger partial charge >= 0.3 is 6.09 Å². The van der Waals surface area contributed by atoms with E-state index in [4.69, 9.17) is 4.74 Å². The van der Waals surface area contributed by atoms with E-state index in [1.54, 1.807) is 27.7 Å². The molecule has 0 aromatic rings. The van der Waals surface area contributed by atoms with Gasteiger partial charge in [0, 0.05) is 12.5 Å². The molecule has 1 N–H and O–H groups in total. The zero-order chi connectivity index (χ0) is 16.9. The van der Waals surface area contributed by atoms with E-state index in [1.165, 1.54) is 11.9 Å². The van der Waals surface area contributed by atoms with Crippen molar-refractivity contribution in [1.82, 2.24) is 15.3 Å². The molecule has 2 fully saturated rings. The fraction of sp³-hybridized carbons (Fsp3) is 0.714. The standard InChI is InChI=1S/C14H21N3O5/c1-8-6-16-10(19)14(5,11(20)17(16)9(8)7-18)15-12(21)22-13(2,3)4/h7-9H,6H2,1-5H3,(H,15,21). The number of rotatable bonds is 2. The van der Waals surface area contributed by atoms with Crippen molar-refractivity contribution in [1.29, 1.82) is 0 Å². The fourth-order valence-corrected chi connectivity index (χ4v) is 2.68. The molecule has 3 unspecified atom stereocenters. The van der Waals surface area contributed by atoms with Gasteiger partial charge in [-0.2, -0.15) is 0 Å². The molecule has 8 nitrogen and oxygen atoms in total. The lowest BCUT2D eigenvalue weighted by molar-refractivity contribution is -0.146. The number of carbonyl (C=O) groups is 4. The summed E-state index contributed by atoms with van der Waals surface area (Å²) in [6.07, 6.45) is -0.204. The van der Waals surface area contributed by atoms with Crippen molar-refractivity contribution in [3.05, 3.63) is 0 Å². The predicted octanol–water partition coefficient (Wildman–Crippen LogP) is 0.0728. The van der Waals surface area contributed by atoms with E-state index in [-0.39, 0.29) is 12.5 Å². The van der Waals surface area contributed by atoms with Crippen LogP contribution in [-0.2, 0) is 19.1 Å². The highest BCUT2D eigenvalue weighted by Gasteiger charge is 2.62. The zero-order valence-electron chi connectivity index (χ0n) is 13.4. The van der Waals surface area contributed by atoms with Crippen LogP contribution in [0.25, 0.3) is 0 Å². The van der Waals surface area contributed by atoms with Gasteiger partial charge in [-0.15, -0.1) is 0 Å². The molecule has 0 saturated carbocycles. The van der Waals surface area contributed by atoms with E-state index in [1.807, 2.05) is 0 Å². The van der Waals surface area contributed by atoms with Crippen LogP contribution >= 0.6 is 0 Å². The highest BCUT2D eigenvalue weighted by molar-refractivity contribution is 6.16. The van der Waals surface area contributed by atoms with Gasteiger partial charge in [-0.3, -0.25) is 14.9 Å². The van der Waals surface area contributed by atoms with Gasteiger partial charge in [0.05, 0.1) is 0 Å². The fourth-order valence-electron chi connectivity index (χ4n) is 2.68. The molecule has 2 saturated heterocycles. The molecule has 0 spiro atoms. The van der Waals surface area contributed by atoms with E-state index in [0.717, 1.165) is 5.01 Å². The summed E-state index contributed by atoms with van der Waals surface area (Å²) >= 11 is 0. The van der Waals surface area contributed by atoms with Crippen LogP contribution in [0.2, 0.25) is 0 Å². The smallest absolute Gasteiger partial charge is 0.408 e. The van der Waals surface area contributed by atoms with Crippen LogP contribution in [0.3, 0.4) is 0 Å². The lowest BCUT2D eigenvalue weighted by atomic mass is 9.98. The zero-order valence-corrected chi connectivity index (χ0v) is 13.4. The summed E-state index contributed by atoms with van der Waals surface area (Å²) < 4.78 is 5.10. The number of carbonyl (C=O) groups excluding carboxylic acids is 4. The second-order valence-corrected chi connectivity index (χ2v) is 6.89. The van der Waals surface area contributed by atoms with Gasteiger partial charge in [-0.1, -0.05) is 6.92 Å². The number of fused-ring (bicyclic) bond motifs is 1. The monoisotopic (exact) mass is 311 g/mol. The number of alkyl carbamates (subject to hydrolysis) is 1. The minimum Gasteiger partial charge on any atom is -0.444 e. The SMILES string of the molecule is CC1CN2C(=O)C(C)(NC(=O)OC(C)(C)C)C(=O)N2C1C=O. The van der Waals surface area contributed by atoms with Crippen LogP contribution in [0.1, 0.15) is 34.6 Å². The first-order chi connectivity index (χ1) is 10.0. The molecule has 0 aliphatic carbocycles. The number of nitrogens with zero attached hydrogens (tertiary/aromatic N) is 2. The average molecular weight is 311 g/mol. The summed E-state index contributed by atoms with van der Waals surface area (Å²) in [5.74, 6) is -1.32. The predicted molar refractivity (Wildman–Crippen MR) is 75.3 cm³/mol. The van der Waals surface area contributed by atoms with Crippen molar-refractivity contribution in [2.75, 3.05) is 6.54 Å². The molecule has 122 valence electrons. The average Bonchev–Trinajstić information content (AvgIpc) is 2.77. The van der Waals surface area contributed by atoms with Crippen LogP contribution < -0.4 is 5.32 Å². The molecule has 3 atom stereocenters. The highest BCUT2D eigenvalue weighted by Crippen LogP contribution is 2.34. The van der Waals surface area contributed by atoms with Gasteiger partial charge in [0.15, 0.2) is 0 Å². The van der Waals surface area contributed by atoms with E-state index in [9.17, 15) is 19.2 Å². The van der Waals surface area contributed by atoms with Crippen molar-refractivity contribution < 1.29 is 23.9 Å². The maximum absolute atomic E-state index is 12.6. The third-order valence-corrected chi connectivity index (χ3v) is 3.77. The van der Waals surface area contributed by atoms with Crippen molar-refractivity contribution in [2.24, 2.45) is 5.92 Å². The number of hydrogen-bond acceptors (Lipinski definition) is 5. The number of nitrogens with one attached hydrogen (secondary N) is 1. The summed E-state index contributed by atoms with van der Waals surface area (Å²) in [5, 5.41) is 4.70. The quantitative estimate of drug-likeness (QED) is 0.575. The second kappa shape index (κ2) is 4.96. The topological polar surface area (TPSA) is 96.0 Å². The van der Waals surface area contributed by atoms with Crippen LogP contribution in [0.15, 0.2) is 0 Å². The van der Waals surface area contributed by atoms with Gasteiger partial charge < -0.3 is 9.53 Å². The van der Waals surface area contributed by atoms with Gasteiger partial charge in [0.1, 0.15) is 17.9 Å². The Balaban J connectivity index is 2.23. The molecular formula is C14H21N3O5. The van der Waals surface area contributed by atoms with Crippen LogP contribution in [0, 0.1) is 5.92 Å². The molecule has 2 rings (SSSR count). The Morgan fingerprint density at radius 3 is 2.45 bits per heavy atom. The third kappa shape index (κ3) is 2.42. The molecule has 3 amide bonds. The summed E-state index contributed by atoms with van der Waals surface area (Å²) in [6, 6.07) is -0.696. The highest BCUT2D eigenvalue weighted by atomic mass is 16.6. The maximum atomic E-state index is 12.6. The lowest BCUT2D eigenvalue weighted by Crippen LogP contribution is -2.58. The van der Waals surface area contributed by atoms with E-state index in [2.05, 4.69) is 5.32 Å². The molecule has 0 bridgehead atoms. The van der Waals surface area contributed by atoms with Crippen molar-refractivity contribution in [3.8, 4) is 0 Å². The van der Waals surface area contributed by atoms with E-state index in [0.29, 0.717) is 6.29 Å². The normalized spacial score (nSPS) is 31.3. The number of amides is 3. The van der Waals surface area contributed by atoms with E-state index < -0.39 is 35.1 Å². The Bertz CT molecular complexity index is 541. The Morgan fingerprint density at radius 1 is 1.36 bits per heavy atom. The molecule has 2 heterocycles. The first-order valence-electron chi connectivity index (χ1n) is 7.13. The van der Waals surface area contributed by atoms with Crippen molar-refractivity contribution in [2.45, 2.75) is 51.8 Å². The number of hydrazine groups is 1. The number of hydrogen-bond donors (Lipinski definition) is 1. The van der Waals surface area contributed by atoms with E-state index >= 15 is 0 Å². The molecule has 0 radical (unpaired) electrons. The molecule has 0 aromatic heterocycles. The Morgan fingerprint density at radius 2 is 1.95 bits per heavy atom. The van der Waals surface area contributed by atoms with Crippen LogP contribution in [-0.4, -0.2) is 57.9 Å². The summed E-state index contributed by atoms with van der Waals surface area (Å²) in [5.41, 5.74) is -2.49. The lowest BCUT2D eigenvalue weighted by Gasteiger charge is -2.26. The van der Waals surface area contributed by atoms with Crippen LogP contribution in [0.4, 0.5) is 4.79 Å². The summed E-state index contributed by atoms with van der Waals surface area (Å²) in [7, 11) is 0. The molecule has 22 heavy (non-hydrogen) atoms. The van der Waals surface area contributed by atoms with Gasteiger partial charge in [0.2, 0.25) is 5.54 Å². The molecule has 8 heteroatoms. The van der Waals surface area contributed by atoms with Gasteiger partial charge in [0.25, 0.3) is 11.8 Å². The minimum absolute atomic E-state index is 0.142. The molecular weight excluding hydrogens is 290 g/mol. The van der Waals surface area contributed by atoms with Crippen molar-refractivity contribution >= 4 is 24.2 Å². The third-order valence-electron chi connectivity index (χ3n) is 3.77. The van der Waals surface area contributed by atoms with Crippen molar-refractivity contribution in [3.63, 3.8) is 0 Å². The Labute approximate surface area is 128 Å². The Hall–Kier alpha value is -2.12. The first-order valence-corrected chi connectivity index (χ1v) is 7.13. The maximum Gasteiger partial charge on any atom is 0.408 e. The first kappa shape index (κ1) is 16.3. The number of ether oxygens (including phenoxy) is 1. The van der Waals surface area contributed by atoms with Crippen LogP contribution in [0.5, 0.6) is 0 Å². The van der Waals surface area contributed by atoms with Gasteiger partial charge in [-0.05, 0) is 27.7 Å². The number of aldehydes is 1. The Kier molecular flexibility index (Phi) is 3.67. The summed E-state index contributed by atoms with van der Waals surface area (Å²) in [4.78, 5) is 48.2. The largest absolute Gasteiger partial charge is 0.444 e.